The minimum absolute atomic E-state index is 0. The number of hydrogen-bond donors (Lipinski definition) is 2. The molecule has 0 bridgehead atoms. The standard InChI is InChI=1S/C20H22FN3O2S.ClH/c1-13(27-12-19(25)23-15-9-7-14(21)8-10-15)20(26)24-11-3-4-16-17(22)5-2-6-18(16)24;/h2,5-10,13H,3-4,11-12,22H2,1H3,(H,23,25);1H. The van der Waals surface area contributed by atoms with Crippen LogP contribution in [0.2, 0.25) is 0 Å². The van der Waals surface area contributed by atoms with Gasteiger partial charge in [0.15, 0.2) is 0 Å². The number of nitrogens with one attached hydrogen (secondary N) is 1. The lowest BCUT2D eigenvalue weighted by Crippen LogP contribution is -2.40. The Morgan fingerprint density at radius 3 is 2.68 bits per heavy atom. The number of nitrogens with zero attached hydrogens (tertiary/aromatic N) is 1. The average Bonchev–Trinajstić information content (AvgIpc) is 2.67. The molecule has 1 unspecified atom stereocenters. The van der Waals surface area contributed by atoms with E-state index in [1.165, 1.54) is 36.0 Å². The average molecular weight is 424 g/mol. The van der Waals surface area contributed by atoms with Crippen LogP contribution in [0.1, 0.15) is 18.9 Å². The highest BCUT2D eigenvalue weighted by molar-refractivity contribution is 8.01. The normalized spacial score (nSPS) is 13.9. The number of nitrogen functional groups attached to an aromatic ring is 1. The van der Waals surface area contributed by atoms with Crippen molar-refractivity contribution < 1.29 is 14.0 Å². The van der Waals surface area contributed by atoms with Crippen LogP contribution in [-0.2, 0) is 16.0 Å². The topological polar surface area (TPSA) is 75.4 Å². The highest BCUT2D eigenvalue weighted by atomic mass is 35.5. The summed E-state index contributed by atoms with van der Waals surface area (Å²) in [5.74, 6) is -0.471. The lowest BCUT2D eigenvalue weighted by atomic mass is 9.99. The summed E-state index contributed by atoms with van der Waals surface area (Å²) in [7, 11) is 0. The number of fused-ring (bicyclic) bond motifs is 1. The lowest BCUT2D eigenvalue weighted by molar-refractivity contribution is -0.117. The van der Waals surface area contributed by atoms with E-state index in [-0.39, 0.29) is 41.0 Å². The van der Waals surface area contributed by atoms with E-state index >= 15 is 0 Å². The Labute approximate surface area is 174 Å². The van der Waals surface area contributed by atoms with Gasteiger partial charge in [-0.15, -0.1) is 24.2 Å². The molecule has 0 fully saturated rings. The summed E-state index contributed by atoms with van der Waals surface area (Å²) in [6.07, 6.45) is 1.74. The summed E-state index contributed by atoms with van der Waals surface area (Å²) in [5.41, 5.74) is 9.17. The van der Waals surface area contributed by atoms with E-state index < -0.39 is 0 Å². The van der Waals surface area contributed by atoms with Gasteiger partial charge in [-0.05, 0) is 61.7 Å². The smallest absolute Gasteiger partial charge is 0.239 e. The molecule has 2 aromatic carbocycles. The van der Waals surface area contributed by atoms with E-state index in [1.54, 1.807) is 11.8 Å². The molecule has 0 saturated carbocycles. The first-order valence-electron chi connectivity index (χ1n) is 8.81. The van der Waals surface area contributed by atoms with Gasteiger partial charge in [0.1, 0.15) is 5.82 Å². The second kappa shape index (κ2) is 9.80. The zero-order valence-corrected chi connectivity index (χ0v) is 17.1. The minimum Gasteiger partial charge on any atom is -0.398 e. The molecule has 0 aromatic heterocycles. The Bertz CT molecular complexity index is 848. The van der Waals surface area contributed by atoms with Gasteiger partial charge in [0.05, 0.1) is 11.0 Å². The molecule has 1 atom stereocenters. The predicted molar refractivity (Wildman–Crippen MR) is 116 cm³/mol. The van der Waals surface area contributed by atoms with Crippen molar-refractivity contribution in [3.63, 3.8) is 0 Å². The van der Waals surface area contributed by atoms with Gasteiger partial charge in [0.25, 0.3) is 0 Å². The lowest BCUT2D eigenvalue weighted by Gasteiger charge is -2.32. The SMILES string of the molecule is CC(SCC(=O)Nc1ccc(F)cc1)C(=O)N1CCCc2c(N)cccc21.Cl. The minimum atomic E-state index is -0.364. The second-order valence-corrected chi connectivity index (χ2v) is 7.78. The molecule has 0 radical (unpaired) electrons. The molecule has 1 aliphatic rings. The van der Waals surface area contributed by atoms with Gasteiger partial charge in [-0.25, -0.2) is 4.39 Å². The number of carbonyl (C=O) groups excluding carboxylic acids is 2. The molecule has 0 aliphatic carbocycles. The monoisotopic (exact) mass is 423 g/mol. The Balaban J connectivity index is 0.00000280. The third kappa shape index (κ3) is 5.17. The quantitative estimate of drug-likeness (QED) is 0.716. The van der Waals surface area contributed by atoms with Crippen molar-refractivity contribution in [2.24, 2.45) is 0 Å². The molecule has 28 heavy (non-hydrogen) atoms. The zero-order valence-electron chi connectivity index (χ0n) is 15.5. The van der Waals surface area contributed by atoms with Crippen LogP contribution in [0.4, 0.5) is 21.5 Å². The largest absolute Gasteiger partial charge is 0.398 e. The van der Waals surface area contributed by atoms with E-state index in [1.807, 2.05) is 18.2 Å². The number of halogens is 2. The number of carbonyl (C=O) groups is 2. The molecule has 2 amide bonds. The third-order valence-corrected chi connectivity index (χ3v) is 5.62. The molecule has 5 nitrogen and oxygen atoms in total. The van der Waals surface area contributed by atoms with Crippen molar-refractivity contribution >= 4 is 53.0 Å². The molecular weight excluding hydrogens is 401 g/mol. The van der Waals surface area contributed by atoms with Crippen LogP contribution in [0.5, 0.6) is 0 Å². The molecule has 3 rings (SSSR count). The van der Waals surface area contributed by atoms with Crippen LogP contribution in [0.25, 0.3) is 0 Å². The number of nitrogens with two attached hydrogens (primary N) is 1. The van der Waals surface area contributed by atoms with E-state index in [2.05, 4.69) is 5.32 Å². The van der Waals surface area contributed by atoms with Gasteiger partial charge in [-0.1, -0.05) is 6.07 Å². The van der Waals surface area contributed by atoms with Crippen molar-refractivity contribution in [3.8, 4) is 0 Å². The molecule has 150 valence electrons. The first kappa shape index (κ1) is 22.0. The van der Waals surface area contributed by atoms with Gasteiger partial charge in [0, 0.05) is 23.6 Å². The molecule has 2 aromatic rings. The van der Waals surface area contributed by atoms with Gasteiger partial charge in [-0.2, -0.15) is 0 Å². The van der Waals surface area contributed by atoms with Crippen LogP contribution in [0.3, 0.4) is 0 Å². The number of amides is 2. The Morgan fingerprint density at radius 1 is 1.25 bits per heavy atom. The van der Waals surface area contributed by atoms with Gasteiger partial charge >= 0.3 is 0 Å². The molecular formula is C20H23ClFN3O2S. The van der Waals surface area contributed by atoms with Crippen LogP contribution >= 0.6 is 24.2 Å². The molecule has 0 saturated heterocycles. The van der Waals surface area contributed by atoms with Crippen molar-refractivity contribution in [3.05, 3.63) is 53.8 Å². The fraction of sp³-hybridized carbons (Fsp3) is 0.300. The second-order valence-electron chi connectivity index (χ2n) is 6.45. The maximum absolute atomic E-state index is 12.9. The van der Waals surface area contributed by atoms with Crippen LogP contribution in [0, 0.1) is 5.82 Å². The Kier molecular flexibility index (Phi) is 7.71. The van der Waals surface area contributed by atoms with Gasteiger partial charge in [0.2, 0.25) is 11.8 Å². The van der Waals surface area contributed by atoms with E-state index in [0.717, 1.165) is 24.1 Å². The summed E-state index contributed by atoms with van der Waals surface area (Å²) in [4.78, 5) is 26.7. The fourth-order valence-electron chi connectivity index (χ4n) is 3.10. The van der Waals surface area contributed by atoms with Gasteiger partial charge in [-0.3, -0.25) is 9.59 Å². The Morgan fingerprint density at radius 2 is 1.96 bits per heavy atom. The fourth-order valence-corrected chi connectivity index (χ4v) is 3.85. The van der Waals surface area contributed by atoms with Crippen molar-refractivity contribution in [1.29, 1.82) is 0 Å². The molecule has 1 heterocycles. The van der Waals surface area contributed by atoms with E-state index in [9.17, 15) is 14.0 Å². The van der Waals surface area contributed by atoms with Crippen LogP contribution < -0.4 is 16.0 Å². The highest BCUT2D eigenvalue weighted by Crippen LogP contribution is 2.32. The maximum atomic E-state index is 12.9. The van der Waals surface area contributed by atoms with E-state index in [0.29, 0.717) is 17.9 Å². The van der Waals surface area contributed by atoms with E-state index in [4.69, 9.17) is 5.73 Å². The van der Waals surface area contributed by atoms with Crippen molar-refractivity contribution in [1.82, 2.24) is 0 Å². The maximum Gasteiger partial charge on any atom is 0.239 e. The summed E-state index contributed by atoms with van der Waals surface area (Å²) in [6.45, 7) is 2.46. The number of thioether (sulfide) groups is 1. The molecule has 0 spiro atoms. The number of benzene rings is 2. The summed E-state index contributed by atoms with van der Waals surface area (Å²) < 4.78 is 12.9. The zero-order chi connectivity index (χ0) is 19.4. The van der Waals surface area contributed by atoms with Crippen LogP contribution in [0.15, 0.2) is 42.5 Å². The number of hydrogen-bond acceptors (Lipinski definition) is 4. The third-order valence-electron chi connectivity index (χ3n) is 4.49. The summed E-state index contributed by atoms with van der Waals surface area (Å²) >= 11 is 1.28. The number of anilines is 3. The first-order chi connectivity index (χ1) is 13.0. The Hall–Kier alpha value is -2.25. The molecule has 3 N–H and O–H groups in total. The number of rotatable bonds is 5. The molecule has 8 heteroatoms. The van der Waals surface area contributed by atoms with Crippen LogP contribution in [-0.4, -0.2) is 29.4 Å². The highest BCUT2D eigenvalue weighted by Gasteiger charge is 2.27. The van der Waals surface area contributed by atoms with Gasteiger partial charge < -0.3 is 16.0 Å². The van der Waals surface area contributed by atoms with Crippen molar-refractivity contribution in [2.75, 3.05) is 28.2 Å². The summed E-state index contributed by atoms with van der Waals surface area (Å²) in [6, 6.07) is 11.2. The van der Waals surface area contributed by atoms with Crippen molar-refractivity contribution in [2.45, 2.75) is 25.0 Å². The summed E-state index contributed by atoms with van der Waals surface area (Å²) in [5, 5.41) is 2.33. The predicted octanol–water partition coefficient (Wildman–Crippen LogP) is 3.87. The molecule has 1 aliphatic heterocycles. The first-order valence-corrected chi connectivity index (χ1v) is 9.86.